The summed E-state index contributed by atoms with van der Waals surface area (Å²) in [6.07, 6.45) is 0. The quantitative estimate of drug-likeness (QED) is 0.683. The fraction of sp³-hybridized carbons (Fsp3) is 0.462. The number of carbonyl (C=O) groups is 1. The van der Waals surface area contributed by atoms with E-state index < -0.39 is 0 Å². The summed E-state index contributed by atoms with van der Waals surface area (Å²) in [6, 6.07) is 5.02. The Labute approximate surface area is 107 Å². The van der Waals surface area contributed by atoms with Gasteiger partial charge in [0.25, 0.3) is 5.91 Å². The van der Waals surface area contributed by atoms with Crippen molar-refractivity contribution < 1.29 is 14.6 Å². The van der Waals surface area contributed by atoms with Crippen LogP contribution in [0.15, 0.2) is 18.2 Å². The molecule has 1 aromatic rings. The van der Waals surface area contributed by atoms with Crippen LogP contribution in [-0.4, -0.2) is 31.3 Å². The van der Waals surface area contributed by atoms with E-state index in [1.165, 1.54) is 7.11 Å². The van der Waals surface area contributed by atoms with Crippen molar-refractivity contribution in [3.63, 3.8) is 0 Å². The Bertz CT molecular complexity index is 430. The summed E-state index contributed by atoms with van der Waals surface area (Å²) in [7, 11) is 1.47. The highest BCUT2D eigenvalue weighted by molar-refractivity contribution is 5.98. The molecule has 5 nitrogen and oxygen atoms in total. The number of ether oxygens (including phenoxy) is 1. The first-order valence-corrected chi connectivity index (χ1v) is 5.73. The first-order chi connectivity index (χ1) is 8.41. The van der Waals surface area contributed by atoms with Crippen molar-refractivity contribution in [2.75, 3.05) is 26.0 Å². The van der Waals surface area contributed by atoms with Gasteiger partial charge < -0.3 is 20.9 Å². The maximum absolute atomic E-state index is 12.0. The van der Waals surface area contributed by atoms with Crippen molar-refractivity contribution in [1.29, 1.82) is 0 Å². The van der Waals surface area contributed by atoms with Gasteiger partial charge in [-0.2, -0.15) is 0 Å². The number of amides is 1. The summed E-state index contributed by atoms with van der Waals surface area (Å²) in [4.78, 5) is 12.0. The molecule has 0 saturated carbocycles. The molecule has 1 amide bonds. The molecule has 0 aliphatic heterocycles. The number of aliphatic hydroxyl groups excluding tert-OH is 1. The van der Waals surface area contributed by atoms with E-state index in [0.29, 0.717) is 23.5 Å². The summed E-state index contributed by atoms with van der Waals surface area (Å²) in [5, 5.41) is 11.9. The van der Waals surface area contributed by atoms with E-state index in [-0.39, 0.29) is 17.9 Å². The third-order valence-electron chi connectivity index (χ3n) is 2.65. The fourth-order valence-electron chi connectivity index (χ4n) is 1.43. The van der Waals surface area contributed by atoms with Crippen molar-refractivity contribution in [3.8, 4) is 5.75 Å². The van der Waals surface area contributed by atoms with Gasteiger partial charge in [-0.3, -0.25) is 4.79 Å². The highest BCUT2D eigenvalue weighted by atomic mass is 16.5. The number of hydrogen-bond acceptors (Lipinski definition) is 4. The van der Waals surface area contributed by atoms with Gasteiger partial charge in [0.15, 0.2) is 5.75 Å². The van der Waals surface area contributed by atoms with Crippen LogP contribution in [-0.2, 0) is 0 Å². The van der Waals surface area contributed by atoms with Crippen molar-refractivity contribution in [1.82, 2.24) is 5.32 Å². The number of nitrogens with two attached hydrogens (primary N) is 1. The Morgan fingerprint density at radius 3 is 2.72 bits per heavy atom. The highest BCUT2D eigenvalue weighted by Crippen LogP contribution is 2.25. The molecular weight excluding hydrogens is 232 g/mol. The highest BCUT2D eigenvalue weighted by Gasteiger charge is 2.20. The smallest absolute Gasteiger partial charge is 0.255 e. The number of para-hydroxylation sites is 1. The molecule has 1 rings (SSSR count). The molecule has 0 atom stereocenters. The second-order valence-corrected chi connectivity index (χ2v) is 4.93. The van der Waals surface area contributed by atoms with Gasteiger partial charge in [0.2, 0.25) is 0 Å². The largest absolute Gasteiger partial charge is 0.494 e. The van der Waals surface area contributed by atoms with Gasteiger partial charge in [0, 0.05) is 18.6 Å². The zero-order chi connectivity index (χ0) is 13.8. The van der Waals surface area contributed by atoms with Gasteiger partial charge in [-0.25, -0.2) is 0 Å². The molecule has 0 bridgehead atoms. The third kappa shape index (κ3) is 3.37. The zero-order valence-corrected chi connectivity index (χ0v) is 11.0. The Hall–Kier alpha value is -1.75. The van der Waals surface area contributed by atoms with E-state index in [0.717, 1.165) is 0 Å². The Kier molecular flexibility index (Phi) is 4.55. The number of hydrogen-bond donors (Lipinski definition) is 3. The second kappa shape index (κ2) is 5.73. The van der Waals surface area contributed by atoms with Crippen LogP contribution < -0.4 is 15.8 Å². The monoisotopic (exact) mass is 252 g/mol. The lowest BCUT2D eigenvalue weighted by molar-refractivity contribution is 0.0908. The van der Waals surface area contributed by atoms with Crippen LogP contribution in [0.4, 0.5) is 5.69 Å². The molecule has 18 heavy (non-hydrogen) atoms. The maximum Gasteiger partial charge on any atom is 0.255 e. The molecule has 0 fully saturated rings. The lowest BCUT2D eigenvalue weighted by Crippen LogP contribution is -2.36. The summed E-state index contributed by atoms with van der Waals surface area (Å²) in [6.45, 7) is 4.11. The number of nitrogens with one attached hydrogen (secondary N) is 1. The van der Waals surface area contributed by atoms with Crippen LogP contribution >= 0.6 is 0 Å². The summed E-state index contributed by atoms with van der Waals surface area (Å²) >= 11 is 0. The SMILES string of the molecule is COc1c(N)cccc1C(=O)NCC(C)(C)CO. The van der Waals surface area contributed by atoms with E-state index in [1.54, 1.807) is 18.2 Å². The predicted molar refractivity (Wildman–Crippen MR) is 70.6 cm³/mol. The van der Waals surface area contributed by atoms with Gasteiger partial charge in [0.1, 0.15) is 0 Å². The van der Waals surface area contributed by atoms with Crippen LogP contribution in [0.3, 0.4) is 0 Å². The Morgan fingerprint density at radius 1 is 1.50 bits per heavy atom. The normalized spacial score (nSPS) is 11.1. The van der Waals surface area contributed by atoms with Gasteiger partial charge >= 0.3 is 0 Å². The van der Waals surface area contributed by atoms with E-state index in [4.69, 9.17) is 15.6 Å². The standard InChI is InChI=1S/C13H20N2O3/c1-13(2,8-16)7-15-12(17)9-5-4-6-10(14)11(9)18-3/h4-6,16H,7-8,14H2,1-3H3,(H,15,17). The average molecular weight is 252 g/mol. The number of rotatable bonds is 5. The molecule has 100 valence electrons. The van der Waals surface area contributed by atoms with Crippen LogP contribution in [0.1, 0.15) is 24.2 Å². The summed E-state index contributed by atoms with van der Waals surface area (Å²) in [5.74, 6) is 0.109. The van der Waals surface area contributed by atoms with Crippen LogP contribution in [0.5, 0.6) is 5.75 Å². The fourth-order valence-corrected chi connectivity index (χ4v) is 1.43. The minimum absolute atomic E-state index is 0.00133. The maximum atomic E-state index is 12.0. The minimum Gasteiger partial charge on any atom is -0.494 e. The molecular formula is C13H20N2O3. The number of carbonyl (C=O) groups excluding carboxylic acids is 1. The summed E-state index contributed by atoms with van der Waals surface area (Å²) < 4.78 is 5.12. The van der Waals surface area contributed by atoms with E-state index >= 15 is 0 Å². The minimum atomic E-state index is -0.358. The number of methoxy groups -OCH3 is 1. The Morgan fingerprint density at radius 2 is 2.17 bits per heavy atom. The van der Waals surface area contributed by atoms with E-state index in [9.17, 15) is 4.79 Å². The molecule has 0 heterocycles. The lowest BCUT2D eigenvalue weighted by Gasteiger charge is -2.22. The molecule has 0 spiro atoms. The molecule has 0 aliphatic carbocycles. The van der Waals surface area contributed by atoms with E-state index in [1.807, 2.05) is 13.8 Å². The van der Waals surface area contributed by atoms with Crippen molar-refractivity contribution in [3.05, 3.63) is 23.8 Å². The molecule has 0 aliphatic rings. The first kappa shape index (κ1) is 14.3. The van der Waals surface area contributed by atoms with Gasteiger partial charge in [-0.15, -0.1) is 0 Å². The lowest BCUT2D eigenvalue weighted by atomic mass is 9.95. The Balaban J connectivity index is 2.82. The average Bonchev–Trinajstić information content (AvgIpc) is 2.35. The second-order valence-electron chi connectivity index (χ2n) is 4.93. The van der Waals surface area contributed by atoms with Crippen molar-refractivity contribution in [2.45, 2.75) is 13.8 Å². The van der Waals surface area contributed by atoms with Crippen LogP contribution in [0, 0.1) is 5.41 Å². The van der Waals surface area contributed by atoms with Crippen molar-refractivity contribution >= 4 is 11.6 Å². The van der Waals surface area contributed by atoms with Crippen LogP contribution in [0.25, 0.3) is 0 Å². The number of anilines is 1. The van der Waals surface area contributed by atoms with Crippen LogP contribution in [0.2, 0.25) is 0 Å². The molecule has 0 aromatic heterocycles. The zero-order valence-electron chi connectivity index (χ0n) is 11.0. The molecule has 5 heteroatoms. The topological polar surface area (TPSA) is 84.6 Å². The number of aliphatic hydroxyl groups is 1. The predicted octanol–water partition coefficient (Wildman–Crippen LogP) is 1.03. The van der Waals surface area contributed by atoms with Gasteiger partial charge in [-0.05, 0) is 12.1 Å². The number of nitrogen functional groups attached to an aromatic ring is 1. The molecule has 4 N–H and O–H groups in total. The summed E-state index contributed by atoms with van der Waals surface area (Å²) in [5.41, 5.74) is 6.19. The molecule has 0 radical (unpaired) electrons. The molecule has 0 unspecified atom stereocenters. The molecule has 0 saturated heterocycles. The number of benzene rings is 1. The van der Waals surface area contributed by atoms with E-state index in [2.05, 4.69) is 5.32 Å². The molecule has 1 aromatic carbocycles. The first-order valence-electron chi connectivity index (χ1n) is 5.73. The van der Waals surface area contributed by atoms with Gasteiger partial charge in [0.05, 0.1) is 18.4 Å². The van der Waals surface area contributed by atoms with Crippen molar-refractivity contribution in [2.24, 2.45) is 5.41 Å². The van der Waals surface area contributed by atoms with Gasteiger partial charge in [-0.1, -0.05) is 19.9 Å². The third-order valence-corrected chi connectivity index (χ3v) is 2.65.